The van der Waals surface area contributed by atoms with E-state index in [1.54, 1.807) is 32.3 Å². The van der Waals surface area contributed by atoms with Gasteiger partial charge in [0.2, 0.25) is 0 Å². The lowest BCUT2D eigenvalue weighted by Gasteiger charge is -2.11. The summed E-state index contributed by atoms with van der Waals surface area (Å²) in [5.41, 5.74) is 0.607. The minimum Gasteiger partial charge on any atom is -0.481 e. The Morgan fingerprint density at radius 3 is 2.68 bits per heavy atom. The summed E-state index contributed by atoms with van der Waals surface area (Å²) in [6.45, 7) is 3.53. The molecular formula is C14H16N4O3S. The van der Waals surface area contributed by atoms with Gasteiger partial charge in [-0.25, -0.2) is 15.0 Å². The average Bonchev–Trinajstić information content (AvgIpc) is 2.88. The van der Waals surface area contributed by atoms with E-state index in [4.69, 9.17) is 5.11 Å². The first-order chi connectivity index (χ1) is 10.5. The van der Waals surface area contributed by atoms with Crippen LogP contribution in [0.15, 0.2) is 18.5 Å². The molecule has 2 heterocycles. The van der Waals surface area contributed by atoms with Gasteiger partial charge >= 0.3 is 5.97 Å². The van der Waals surface area contributed by atoms with Crippen LogP contribution in [-0.2, 0) is 4.79 Å². The lowest BCUT2D eigenvalue weighted by molar-refractivity contribution is -0.137. The number of carbonyl (C=O) groups is 2. The lowest BCUT2D eigenvalue weighted by atomic mass is 10.2. The van der Waals surface area contributed by atoms with Crippen LogP contribution in [-0.4, -0.2) is 38.0 Å². The maximum atomic E-state index is 12.2. The van der Waals surface area contributed by atoms with Gasteiger partial charge in [0, 0.05) is 24.9 Å². The van der Waals surface area contributed by atoms with Gasteiger partial charge in [-0.1, -0.05) is 0 Å². The molecule has 0 radical (unpaired) electrons. The molecule has 8 heteroatoms. The summed E-state index contributed by atoms with van der Waals surface area (Å²) in [5, 5.41) is 12.0. The van der Waals surface area contributed by atoms with Crippen LogP contribution in [0.25, 0.3) is 10.8 Å². The first-order valence-corrected chi connectivity index (χ1v) is 7.56. The Bertz CT molecular complexity index is 672. The van der Waals surface area contributed by atoms with E-state index in [1.807, 2.05) is 0 Å². The maximum Gasteiger partial charge on any atom is 0.303 e. The van der Waals surface area contributed by atoms with E-state index >= 15 is 0 Å². The summed E-state index contributed by atoms with van der Waals surface area (Å²) < 4.78 is 0. The number of amides is 1. The van der Waals surface area contributed by atoms with Gasteiger partial charge in [0.25, 0.3) is 5.91 Å². The Hall–Kier alpha value is -2.35. The van der Waals surface area contributed by atoms with Gasteiger partial charge in [0.1, 0.15) is 4.88 Å². The number of hydrogen-bond donors (Lipinski definition) is 2. The SMILES string of the molecule is Cc1nc(-c2ncccn2)sc1C(=O)NC(C)CCC(=O)O. The number of carboxylic acids is 1. The standard InChI is InChI=1S/C14H16N4O3S/c1-8(4-5-10(19)20)17-13(21)11-9(2)18-14(22-11)12-15-6-3-7-16-12/h3,6-8H,4-5H2,1-2H3,(H,17,21)(H,19,20). The Labute approximate surface area is 131 Å². The van der Waals surface area contributed by atoms with Gasteiger partial charge in [-0.05, 0) is 26.3 Å². The van der Waals surface area contributed by atoms with E-state index in [0.29, 0.717) is 27.8 Å². The first-order valence-electron chi connectivity index (χ1n) is 6.75. The van der Waals surface area contributed by atoms with E-state index in [-0.39, 0.29) is 18.4 Å². The number of aliphatic carboxylic acids is 1. The highest BCUT2D eigenvalue weighted by molar-refractivity contribution is 7.17. The number of aromatic nitrogens is 3. The molecule has 2 aromatic rings. The van der Waals surface area contributed by atoms with Crippen molar-refractivity contribution in [3.8, 4) is 10.8 Å². The summed E-state index contributed by atoms with van der Waals surface area (Å²) in [5.74, 6) is -0.651. The van der Waals surface area contributed by atoms with Crippen molar-refractivity contribution in [3.05, 3.63) is 29.0 Å². The third-order valence-electron chi connectivity index (χ3n) is 2.93. The predicted molar refractivity (Wildman–Crippen MR) is 81.7 cm³/mol. The highest BCUT2D eigenvalue weighted by Gasteiger charge is 2.19. The van der Waals surface area contributed by atoms with Crippen molar-refractivity contribution in [2.75, 3.05) is 0 Å². The Kier molecular flexibility index (Phi) is 5.16. The molecule has 1 unspecified atom stereocenters. The molecule has 0 saturated heterocycles. The van der Waals surface area contributed by atoms with Crippen LogP contribution in [0.2, 0.25) is 0 Å². The van der Waals surface area contributed by atoms with E-state index < -0.39 is 5.97 Å². The third kappa shape index (κ3) is 4.08. The normalized spacial score (nSPS) is 11.9. The quantitative estimate of drug-likeness (QED) is 0.842. The molecule has 2 rings (SSSR count). The average molecular weight is 320 g/mol. The van der Waals surface area contributed by atoms with Gasteiger partial charge < -0.3 is 10.4 Å². The van der Waals surface area contributed by atoms with Crippen molar-refractivity contribution >= 4 is 23.2 Å². The topological polar surface area (TPSA) is 105 Å². The first kappa shape index (κ1) is 16.0. The summed E-state index contributed by atoms with van der Waals surface area (Å²) in [6.07, 6.45) is 3.64. The van der Waals surface area contributed by atoms with Gasteiger partial charge in [0.15, 0.2) is 10.8 Å². The van der Waals surface area contributed by atoms with Crippen LogP contribution in [0.5, 0.6) is 0 Å². The number of carboxylic acid groups (broad SMARTS) is 1. The van der Waals surface area contributed by atoms with Crippen LogP contribution in [0.3, 0.4) is 0 Å². The zero-order valence-corrected chi connectivity index (χ0v) is 13.1. The molecule has 2 aromatic heterocycles. The van der Waals surface area contributed by atoms with Crippen molar-refractivity contribution in [3.63, 3.8) is 0 Å². The van der Waals surface area contributed by atoms with Gasteiger partial charge in [-0.15, -0.1) is 11.3 Å². The molecule has 0 aromatic carbocycles. The minimum atomic E-state index is -0.876. The van der Waals surface area contributed by atoms with Crippen molar-refractivity contribution in [2.45, 2.75) is 32.7 Å². The molecule has 0 aliphatic rings. The van der Waals surface area contributed by atoms with Gasteiger partial charge in [-0.2, -0.15) is 0 Å². The zero-order valence-electron chi connectivity index (χ0n) is 12.2. The van der Waals surface area contributed by atoms with Crippen molar-refractivity contribution < 1.29 is 14.7 Å². The summed E-state index contributed by atoms with van der Waals surface area (Å²) in [7, 11) is 0. The largest absolute Gasteiger partial charge is 0.481 e. The number of thiazole rings is 1. The number of hydrogen-bond acceptors (Lipinski definition) is 6. The molecule has 0 aliphatic carbocycles. The molecule has 0 saturated carbocycles. The minimum absolute atomic E-state index is 0.0201. The molecule has 2 N–H and O–H groups in total. The van der Waals surface area contributed by atoms with Crippen LogP contribution in [0.1, 0.15) is 35.1 Å². The number of carbonyl (C=O) groups excluding carboxylic acids is 1. The monoisotopic (exact) mass is 320 g/mol. The molecule has 1 amide bonds. The number of nitrogens with zero attached hydrogens (tertiary/aromatic N) is 3. The fraction of sp³-hybridized carbons (Fsp3) is 0.357. The molecule has 0 spiro atoms. The third-order valence-corrected chi connectivity index (χ3v) is 4.08. The number of nitrogens with one attached hydrogen (secondary N) is 1. The number of rotatable bonds is 6. The Morgan fingerprint density at radius 2 is 2.05 bits per heavy atom. The van der Waals surface area contributed by atoms with E-state index in [2.05, 4.69) is 20.3 Å². The highest BCUT2D eigenvalue weighted by atomic mass is 32.1. The van der Waals surface area contributed by atoms with Crippen LogP contribution in [0, 0.1) is 6.92 Å². The fourth-order valence-electron chi connectivity index (χ4n) is 1.81. The Balaban J connectivity index is 2.07. The van der Waals surface area contributed by atoms with Crippen molar-refractivity contribution in [1.82, 2.24) is 20.3 Å². The van der Waals surface area contributed by atoms with Crippen LogP contribution >= 0.6 is 11.3 Å². The molecule has 0 fully saturated rings. The van der Waals surface area contributed by atoms with Crippen LogP contribution < -0.4 is 5.32 Å². The summed E-state index contributed by atoms with van der Waals surface area (Å²) in [6, 6.07) is 1.49. The Morgan fingerprint density at radius 1 is 1.36 bits per heavy atom. The van der Waals surface area contributed by atoms with E-state index in [1.165, 1.54) is 11.3 Å². The molecule has 22 heavy (non-hydrogen) atoms. The lowest BCUT2D eigenvalue weighted by Crippen LogP contribution is -2.32. The van der Waals surface area contributed by atoms with Crippen molar-refractivity contribution in [2.24, 2.45) is 0 Å². The van der Waals surface area contributed by atoms with E-state index in [0.717, 1.165) is 0 Å². The second-order valence-electron chi connectivity index (χ2n) is 4.81. The van der Waals surface area contributed by atoms with Gasteiger partial charge in [-0.3, -0.25) is 9.59 Å². The predicted octanol–water partition coefficient (Wildman–Crippen LogP) is 1.89. The molecular weight excluding hydrogens is 304 g/mol. The maximum absolute atomic E-state index is 12.2. The molecule has 1 atom stereocenters. The molecule has 116 valence electrons. The molecule has 0 bridgehead atoms. The molecule has 0 aliphatic heterocycles. The summed E-state index contributed by atoms with van der Waals surface area (Å²) >= 11 is 1.22. The second kappa shape index (κ2) is 7.08. The summed E-state index contributed by atoms with van der Waals surface area (Å²) in [4.78, 5) is 35.8. The highest BCUT2D eigenvalue weighted by Crippen LogP contribution is 2.25. The zero-order chi connectivity index (χ0) is 16.1. The van der Waals surface area contributed by atoms with Crippen LogP contribution in [0.4, 0.5) is 0 Å². The van der Waals surface area contributed by atoms with Gasteiger partial charge in [0.05, 0.1) is 5.69 Å². The second-order valence-corrected chi connectivity index (χ2v) is 5.81. The molecule has 7 nitrogen and oxygen atoms in total. The smallest absolute Gasteiger partial charge is 0.303 e. The fourth-order valence-corrected chi connectivity index (χ4v) is 2.73. The number of aryl methyl sites for hydroxylation is 1. The van der Waals surface area contributed by atoms with E-state index in [9.17, 15) is 9.59 Å². The van der Waals surface area contributed by atoms with Crippen molar-refractivity contribution in [1.29, 1.82) is 0 Å².